The predicted octanol–water partition coefficient (Wildman–Crippen LogP) is 1.09. The molecule has 6 heteroatoms. The number of benzene rings is 1. The molecule has 6 nitrogen and oxygen atoms in total. The van der Waals surface area contributed by atoms with Crippen LogP contribution in [0.4, 0.5) is 4.79 Å². The van der Waals surface area contributed by atoms with Gasteiger partial charge in [0.05, 0.1) is 11.1 Å². The lowest BCUT2D eigenvalue weighted by atomic mass is 9.59. The van der Waals surface area contributed by atoms with Gasteiger partial charge >= 0.3 is 12.0 Å². The molecule has 0 bridgehead atoms. The molecule has 1 saturated heterocycles. The number of carboxylic acid groups (broad SMARTS) is 1. The third kappa shape index (κ3) is 2.23. The maximum Gasteiger partial charge on any atom is 0.323 e. The number of carbonyl (C=O) groups excluding carboxylic acids is 1. The second-order valence-electron chi connectivity index (χ2n) is 6.61. The topological polar surface area (TPSA) is 72.9 Å². The normalized spacial score (nSPS) is 30.5. The van der Waals surface area contributed by atoms with Crippen molar-refractivity contribution >= 4 is 12.0 Å². The van der Waals surface area contributed by atoms with Gasteiger partial charge in [0.2, 0.25) is 0 Å². The van der Waals surface area contributed by atoms with Crippen molar-refractivity contribution in [1.29, 1.82) is 0 Å². The molecule has 22 heavy (non-hydrogen) atoms. The third-order valence-corrected chi connectivity index (χ3v) is 4.91. The van der Waals surface area contributed by atoms with Crippen molar-refractivity contribution < 1.29 is 14.7 Å². The molecule has 2 aliphatic rings. The Morgan fingerprint density at radius 2 is 1.95 bits per heavy atom. The van der Waals surface area contributed by atoms with Gasteiger partial charge in [0.1, 0.15) is 6.54 Å². The fourth-order valence-corrected chi connectivity index (χ4v) is 3.87. The molecule has 1 spiro atoms. The minimum absolute atomic E-state index is 0.103. The van der Waals surface area contributed by atoms with E-state index in [2.05, 4.69) is 22.3 Å². The summed E-state index contributed by atoms with van der Waals surface area (Å²) in [4.78, 5) is 26.4. The van der Waals surface area contributed by atoms with Crippen LogP contribution in [-0.2, 0) is 10.3 Å². The monoisotopic (exact) mass is 303 g/mol. The molecule has 0 unspecified atom stereocenters. The lowest BCUT2D eigenvalue weighted by Gasteiger charge is -2.57. The molecule has 0 radical (unpaired) electrons. The molecule has 0 atom stereocenters. The highest BCUT2D eigenvalue weighted by atomic mass is 16.4. The highest BCUT2D eigenvalue weighted by molar-refractivity contribution is 5.83. The van der Waals surface area contributed by atoms with Crippen LogP contribution in [0.15, 0.2) is 30.3 Å². The van der Waals surface area contributed by atoms with E-state index in [1.165, 1.54) is 10.5 Å². The second kappa shape index (κ2) is 4.98. The Labute approximate surface area is 129 Å². The summed E-state index contributed by atoms with van der Waals surface area (Å²) in [6.07, 6.45) is 1.58. The van der Waals surface area contributed by atoms with Gasteiger partial charge in [0.15, 0.2) is 0 Å². The molecular formula is C16H21N3O3. The van der Waals surface area contributed by atoms with Crippen LogP contribution < -0.4 is 5.32 Å². The van der Waals surface area contributed by atoms with E-state index in [0.29, 0.717) is 6.54 Å². The highest BCUT2D eigenvalue weighted by Gasteiger charge is 2.60. The zero-order valence-corrected chi connectivity index (χ0v) is 12.9. The SMILES string of the molecule is CN(C)C1(c2ccccc2)CC2(CN(CC(=O)O)C(=O)N2)C1. The summed E-state index contributed by atoms with van der Waals surface area (Å²) in [5, 5.41) is 11.9. The number of aliphatic carboxylic acids is 1. The standard InChI is InChI=1S/C16H21N3O3/c1-18(2)16(12-6-4-3-5-7-12)9-15(10-16)11-19(8-13(20)21)14(22)17-15/h3-7H,8-11H2,1-2H3,(H,17,22)(H,20,21). The van der Waals surface area contributed by atoms with Gasteiger partial charge in [-0.25, -0.2) is 4.79 Å². The largest absolute Gasteiger partial charge is 0.480 e. The van der Waals surface area contributed by atoms with Crippen molar-refractivity contribution in [3.63, 3.8) is 0 Å². The molecule has 0 aromatic heterocycles. The van der Waals surface area contributed by atoms with Crippen molar-refractivity contribution in [2.24, 2.45) is 0 Å². The van der Waals surface area contributed by atoms with Gasteiger partial charge in [-0.3, -0.25) is 9.69 Å². The first-order chi connectivity index (χ1) is 10.4. The molecule has 1 aliphatic heterocycles. The van der Waals surface area contributed by atoms with Gasteiger partial charge in [-0.15, -0.1) is 0 Å². The Hall–Kier alpha value is -2.08. The van der Waals surface area contributed by atoms with E-state index in [1.807, 2.05) is 32.3 Å². The molecule has 1 heterocycles. The van der Waals surface area contributed by atoms with Gasteiger partial charge in [-0.1, -0.05) is 30.3 Å². The molecule has 3 rings (SSSR count). The summed E-state index contributed by atoms with van der Waals surface area (Å²) >= 11 is 0. The zero-order valence-electron chi connectivity index (χ0n) is 12.9. The summed E-state index contributed by atoms with van der Waals surface area (Å²) in [5.41, 5.74) is 0.817. The van der Waals surface area contributed by atoms with Crippen LogP contribution in [0.3, 0.4) is 0 Å². The summed E-state index contributed by atoms with van der Waals surface area (Å²) < 4.78 is 0. The molecule has 1 aliphatic carbocycles. The maximum atomic E-state index is 12.0. The van der Waals surface area contributed by atoms with E-state index in [0.717, 1.165) is 12.8 Å². The van der Waals surface area contributed by atoms with Crippen LogP contribution in [0.2, 0.25) is 0 Å². The van der Waals surface area contributed by atoms with Crippen molar-refractivity contribution in [3.8, 4) is 0 Å². The van der Waals surface area contributed by atoms with Gasteiger partial charge in [-0.2, -0.15) is 0 Å². The summed E-state index contributed by atoms with van der Waals surface area (Å²) in [5.74, 6) is -0.978. The smallest absolute Gasteiger partial charge is 0.323 e. The molecule has 2 N–H and O–H groups in total. The van der Waals surface area contributed by atoms with E-state index in [-0.39, 0.29) is 23.7 Å². The highest BCUT2D eigenvalue weighted by Crippen LogP contribution is 2.53. The van der Waals surface area contributed by atoms with E-state index < -0.39 is 5.97 Å². The first-order valence-corrected chi connectivity index (χ1v) is 7.39. The Bertz CT molecular complexity index is 594. The number of carbonyl (C=O) groups is 2. The van der Waals surface area contributed by atoms with Crippen LogP contribution in [0, 0.1) is 0 Å². The third-order valence-electron chi connectivity index (χ3n) is 4.91. The van der Waals surface area contributed by atoms with Gasteiger partial charge in [0.25, 0.3) is 0 Å². The molecule has 1 aromatic rings. The Morgan fingerprint density at radius 3 is 2.50 bits per heavy atom. The fraction of sp³-hybridized carbons (Fsp3) is 0.500. The molecule has 1 saturated carbocycles. The van der Waals surface area contributed by atoms with Crippen LogP contribution >= 0.6 is 0 Å². The maximum absolute atomic E-state index is 12.0. The van der Waals surface area contributed by atoms with Crippen LogP contribution in [0.1, 0.15) is 18.4 Å². The van der Waals surface area contributed by atoms with Crippen molar-refractivity contribution in [3.05, 3.63) is 35.9 Å². The van der Waals surface area contributed by atoms with Crippen molar-refractivity contribution in [1.82, 2.24) is 15.1 Å². The van der Waals surface area contributed by atoms with Crippen molar-refractivity contribution in [2.45, 2.75) is 23.9 Å². The fourth-order valence-electron chi connectivity index (χ4n) is 3.87. The van der Waals surface area contributed by atoms with E-state index >= 15 is 0 Å². The molecule has 2 amide bonds. The number of nitrogens with one attached hydrogen (secondary N) is 1. The lowest BCUT2D eigenvalue weighted by molar-refractivity contribution is -0.137. The van der Waals surface area contributed by atoms with Crippen LogP contribution in [0.25, 0.3) is 0 Å². The molecular weight excluding hydrogens is 282 g/mol. The quantitative estimate of drug-likeness (QED) is 0.873. The minimum atomic E-state index is -0.978. The summed E-state index contributed by atoms with van der Waals surface area (Å²) in [6, 6.07) is 9.98. The van der Waals surface area contributed by atoms with Crippen LogP contribution in [0.5, 0.6) is 0 Å². The number of amides is 2. The number of hydrogen-bond acceptors (Lipinski definition) is 3. The number of carboxylic acids is 1. The van der Waals surface area contributed by atoms with Crippen LogP contribution in [-0.4, -0.2) is 59.6 Å². The van der Waals surface area contributed by atoms with Gasteiger partial charge in [0, 0.05) is 6.54 Å². The molecule has 1 aromatic carbocycles. The first kappa shape index (κ1) is 14.8. The number of rotatable bonds is 4. The van der Waals surface area contributed by atoms with E-state index in [4.69, 9.17) is 5.11 Å². The average Bonchev–Trinajstić information content (AvgIpc) is 2.73. The van der Waals surface area contributed by atoms with E-state index in [1.54, 1.807) is 0 Å². The summed E-state index contributed by atoms with van der Waals surface area (Å²) in [7, 11) is 4.09. The average molecular weight is 303 g/mol. The van der Waals surface area contributed by atoms with Crippen molar-refractivity contribution in [2.75, 3.05) is 27.2 Å². The molecule has 118 valence electrons. The second-order valence-corrected chi connectivity index (χ2v) is 6.61. The predicted molar refractivity (Wildman–Crippen MR) is 81.5 cm³/mol. The number of hydrogen-bond donors (Lipinski definition) is 2. The number of urea groups is 1. The number of nitrogens with zero attached hydrogens (tertiary/aromatic N) is 2. The van der Waals surface area contributed by atoms with Gasteiger partial charge < -0.3 is 15.3 Å². The first-order valence-electron chi connectivity index (χ1n) is 7.39. The lowest BCUT2D eigenvalue weighted by Crippen LogP contribution is -2.66. The molecule has 2 fully saturated rings. The Kier molecular flexibility index (Phi) is 3.36. The summed E-state index contributed by atoms with van der Waals surface area (Å²) in [6.45, 7) is 0.217. The Morgan fingerprint density at radius 1 is 1.32 bits per heavy atom. The minimum Gasteiger partial charge on any atom is -0.480 e. The van der Waals surface area contributed by atoms with Gasteiger partial charge in [-0.05, 0) is 32.5 Å². The Balaban J connectivity index is 1.79. The van der Waals surface area contributed by atoms with E-state index in [9.17, 15) is 9.59 Å². The zero-order chi connectivity index (χ0) is 16.0.